The normalized spacial score (nSPS) is 19.5. The summed E-state index contributed by atoms with van der Waals surface area (Å²) in [7, 11) is 0. The Bertz CT molecular complexity index is 374. The number of benzene rings is 1. The zero-order valence-electron chi connectivity index (χ0n) is 9.22. The molecule has 2 unspecified atom stereocenters. The maximum absolute atomic E-state index is 13.4. The van der Waals surface area contributed by atoms with Gasteiger partial charge in [0.2, 0.25) is 0 Å². The fraction of sp³-hybridized carbons (Fsp3) is 0.538. The summed E-state index contributed by atoms with van der Waals surface area (Å²) < 4.78 is 26.2. The Morgan fingerprint density at radius 2 is 2.06 bits per heavy atom. The van der Waals surface area contributed by atoms with E-state index in [4.69, 9.17) is 0 Å². The van der Waals surface area contributed by atoms with Crippen LogP contribution in [0.15, 0.2) is 18.2 Å². The van der Waals surface area contributed by atoms with Crippen LogP contribution in [0.4, 0.5) is 8.78 Å². The number of rotatable bonds is 4. The topological polar surface area (TPSA) is 0 Å². The van der Waals surface area contributed by atoms with E-state index in [1.165, 1.54) is 18.9 Å². The van der Waals surface area contributed by atoms with Gasteiger partial charge in [-0.1, -0.05) is 28.9 Å². The monoisotopic (exact) mass is 288 g/mol. The molecule has 0 nitrogen and oxygen atoms in total. The van der Waals surface area contributed by atoms with Gasteiger partial charge in [0.15, 0.2) is 0 Å². The smallest absolute Gasteiger partial charge is 0.129 e. The van der Waals surface area contributed by atoms with Crippen LogP contribution in [0.1, 0.15) is 25.3 Å². The molecule has 0 saturated heterocycles. The van der Waals surface area contributed by atoms with Crippen molar-refractivity contribution in [2.24, 2.45) is 11.8 Å². The van der Waals surface area contributed by atoms with Crippen LogP contribution in [0.25, 0.3) is 0 Å². The molecule has 1 aromatic carbocycles. The Hall–Kier alpha value is -0.440. The molecule has 0 bridgehead atoms. The molecule has 0 aliphatic heterocycles. The molecule has 1 fully saturated rings. The van der Waals surface area contributed by atoms with Gasteiger partial charge in [0.25, 0.3) is 0 Å². The first-order valence-electron chi connectivity index (χ1n) is 5.66. The molecule has 1 saturated carbocycles. The van der Waals surface area contributed by atoms with Gasteiger partial charge >= 0.3 is 0 Å². The zero-order chi connectivity index (χ0) is 11.7. The molecular formula is C13H15BrF2. The Morgan fingerprint density at radius 3 is 2.62 bits per heavy atom. The van der Waals surface area contributed by atoms with Crippen molar-refractivity contribution < 1.29 is 8.78 Å². The van der Waals surface area contributed by atoms with E-state index in [2.05, 4.69) is 22.9 Å². The van der Waals surface area contributed by atoms with E-state index >= 15 is 0 Å². The fourth-order valence-corrected chi connectivity index (χ4v) is 2.78. The number of hydrogen-bond acceptors (Lipinski definition) is 0. The summed E-state index contributed by atoms with van der Waals surface area (Å²) in [6.45, 7) is 2.19. The average molecular weight is 289 g/mol. The van der Waals surface area contributed by atoms with E-state index < -0.39 is 11.6 Å². The standard InChI is InChI=1S/C13H15BrF2/c1-8(9-2-3-9)12(14)6-10-4-5-11(15)7-13(10)16/h4-5,7-9,12H,2-3,6H2,1H3. The second-order valence-corrected chi connectivity index (χ2v) is 5.83. The number of hydrogen-bond donors (Lipinski definition) is 0. The van der Waals surface area contributed by atoms with Crippen molar-refractivity contribution >= 4 is 15.9 Å². The molecule has 1 aliphatic carbocycles. The largest absolute Gasteiger partial charge is 0.207 e. The van der Waals surface area contributed by atoms with Crippen molar-refractivity contribution in [2.75, 3.05) is 0 Å². The van der Waals surface area contributed by atoms with Gasteiger partial charge in [-0.25, -0.2) is 8.78 Å². The summed E-state index contributed by atoms with van der Waals surface area (Å²) in [6, 6.07) is 3.81. The second kappa shape index (κ2) is 4.82. The minimum absolute atomic E-state index is 0.278. The van der Waals surface area contributed by atoms with Crippen molar-refractivity contribution in [3.8, 4) is 0 Å². The summed E-state index contributed by atoms with van der Waals surface area (Å²) >= 11 is 3.61. The van der Waals surface area contributed by atoms with Crippen molar-refractivity contribution in [2.45, 2.75) is 31.0 Å². The zero-order valence-corrected chi connectivity index (χ0v) is 10.8. The van der Waals surface area contributed by atoms with Crippen LogP contribution in [0, 0.1) is 23.5 Å². The van der Waals surface area contributed by atoms with E-state index in [9.17, 15) is 8.78 Å². The predicted molar refractivity (Wildman–Crippen MR) is 64.7 cm³/mol. The lowest BCUT2D eigenvalue weighted by molar-refractivity contribution is 0.482. The highest BCUT2D eigenvalue weighted by atomic mass is 79.9. The SMILES string of the molecule is CC(C(Br)Cc1ccc(F)cc1F)C1CC1. The molecule has 1 aliphatic rings. The maximum Gasteiger partial charge on any atom is 0.129 e. The highest BCUT2D eigenvalue weighted by Crippen LogP contribution is 2.41. The second-order valence-electron chi connectivity index (χ2n) is 4.65. The van der Waals surface area contributed by atoms with Gasteiger partial charge < -0.3 is 0 Å². The Labute approximate surface area is 103 Å². The number of alkyl halides is 1. The lowest BCUT2D eigenvalue weighted by atomic mass is 9.96. The first kappa shape index (κ1) is 12.0. The molecule has 1 aromatic rings. The van der Waals surface area contributed by atoms with E-state index in [1.54, 1.807) is 6.07 Å². The lowest BCUT2D eigenvalue weighted by Gasteiger charge is -2.18. The molecule has 16 heavy (non-hydrogen) atoms. The van der Waals surface area contributed by atoms with Crippen molar-refractivity contribution in [3.05, 3.63) is 35.4 Å². The van der Waals surface area contributed by atoms with Gasteiger partial charge in [0.1, 0.15) is 11.6 Å². The number of halogens is 3. The molecule has 88 valence electrons. The van der Waals surface area contributed by atoms with Gasteiger partial charge in [-0.05, 0) is 42.7 Å². The van der Waals surface area contributed by atoms with Gasteiger partial charge in [-0.15, -0.1) is 0 Å². The lowest BCUT2D eigenvalue weighted by Crippen LogP contribution is -2.16. The minimum Gasteiger partial charge on any atom is -0.207 e. The first-order chi connectivity index (χ1) is 7.58. The minimum atomic E-state index is -0.511. The van der Waals surface area contributed by atoms with Crippen molar-refractivity contribution in [1.82, 2.24) is 0 Å². The molecule has 0 radical (unpaired) electrons. The van der Waals surface area contributed by atoms with E-state index in [-0.39, 0.29) is 4.83 Å². The fourth-order valence-electron chi connectivity index (χ4n) is 2.00. The quantitative estimate of drug-likeness (QED) is 0.724. The highest BCUT2D eigenvalue weighted by Gasteiger charge is 2.32. The van der Waals surface area contributed by atoms with Crippen LogP contribution < -0.4 is 0 Å². The molecule has 0 aromatic heterocycles. The Kier molecular flexibility index (Phi) is 3.63. The molecule has 0 spiro atoms. The van der Waals surface area contributed by atoms with Crippen molar-refractivity contribution in [3.63, 3.8) is 0 Å². The summed E-state index contributed by atoms with van der Waals surface area (Å²) in [4.78, 5) is 0.278. The van der Waals surface area contributed by atoms with Gasteiger partial charge in [-0.2, -0.15) is 0 Å². The molecule has 2 rings (SSSR count). The summed E-state index contributed by atoms with van der Waals surface area (Å²) in [5, 5.41) is 0. The Morgan fingerprint density at radius 1 is 1.38 bits per heavy atom. The van der Waals surface area contributed by atoms with Crippen LogP contribution in [-0.4, -0.2) is 4.83 Å². The molecular weight excluding hydrogens is 274 g/mol. The first-order valence-corrected chi connectivity index (χ1v) is 6.57. The summed E-state index contributed by atoms with van der Waals surface area (Å²) in [5.74, 6) is 0.396. The maximum atomic E-state index is 13.4. The third kappa shape index (κ3) is 2.82. The van der Waals surface area contributed by atoms with E-state index in [0.29, 0.717) is 17.9 Å². The molecule has 2 atom stereocenters. The van der Waals surface area contributed by atoms with Crippen LogP contribution in [0.2, 0.25) is 0 Å². The van der Waals surface area contributed by atoms with Gasteiger partial charge in [0, 0.05) is 10.9 Å². The summed E-state index contributed by atoms with van der Waals surface area (Å²) in [5.41, 5.74) is 0.593. The van der Waals surface area contributed by atoms with Gasteiger partial charge in [0.05, 0.1) is 0 Å². The average Bonchev–Trinajstić information content (AvgIpc) is 3.04. The van der Waals surface area contributed by atoms with Crippen LogP contribution in [-0.2, 0) is 6.42 Å². The molecule has 3 heteroatoms. The van der Waals surface area contributed by atoms with Crippen LogP contribution >= 0.6 is 15.9 Å². The van der Waals surface area contributed by atoms with Crippen molar-refractivity contribution in [1.29, 1.82) is 0 Å². The molecule has 0 heterocycles. The van der Waals surface area contributed by atoms with E-state index in [0.717, 1.165) is 12.0 Å². The van der Waals surface area contributed by atoms with E-state index in [1.807, 2.05) is 0 Å². The summed E-state index contributed by atoms with van der Waals surface area (Å²) in [6.07, 6.45) is 3.20. The molecule has 0 N–H and O–H groups in total. The Balaban J connectivity index is 2.02. The third-order valence-electron chi connectivity index (χ3n) is 3.37. The van der Waals surface area contributed by atoms with Crippen LogP contribution in [0.5, 0.6) is 0 Å². The molecule has 0 amide bonds. The van der Waals surface area contributed by atoms with Gasteiger partial charge in [-0.3, -0.25) is 0 Å². The van der Waals surface area contributed by atoms with Crippen LogP contribution in [0.3, 0.4) is 0 Å². The predicted octanol–water partition coefficient (Wildman–Crippen LogP) is 4.32. The third-order valence-corrected chi connectivity index (χ3v) is 4.52. The highest BCUT2D eigenvalue weighted by molar-refractivity contribution is 9.09.